The van der Waals surface area contributed by atoms with E-state index in [-0.39, 0.29) is 27.1 Å². The summed E-state index contributed by atoms with van der Waals surface area (Å²) in [6.45, 7) is 0. The Bertz CT molecular complexity index is 463. The summed E-state index contributed by atoms with van der Waals surface area (Å²) in [5, 5.41) is 22.8. The fourth-order valence-electron chi connectivity index (χ4n) is 1.73. The second-order valence-corrected chi connectivity index (χ2v) is 5.17. The van der Waals surface area contributed by atoms with E-state index in [1.807, 2.05) is 0 Å². The first-order chi connectivity index (χ1) is 7.97. The van der Waals surface area contributed by atoms with E-state index < -0.39 is 10.7 Å². The maximum absolute atomic E-state index is 13.4. The van der Waals surface area contributed by atoms with Crippen LogP contribution in [0.4, 0.5) is 15.8 Å². The van der Waals surface area contributed by atoms with Gasteiger partial charge in [-0.3, -0.25) is 10.1 Å². The molecule has 92 valence electrons. The van der Waals surface area contributed by atoms with Crippen LogP contribution in [-0.4, -0.2) is 22.2 Å². The van der Waals surface area contributed by atoms with Gasteiger partial charge >= 0.3 is 0 Å². The molecule has 0 atom stereocenters. The first-order valence-corrected chi connectivity index (χ1v) is 6.13. The monoisotopic (exact) mass is 352 g/mol. The number of hydrogen-bond donors (Lipinski definition) is 2. The molecule has 0 unspecified atom stereocenters. The molecule has 0 radical (unpaired) electrons. The number of nitrogens with one attached hydrogen (secondary N) is 1. The minimum Gasteiger partial charge on any atom is -0.393 e. The van der Waals surface area contributed by atoms with Crippen LogP contribution in [0.3, 0.4) is 0 Å². The van der Waals surface area contributed by atoms with Crippen molar-refractivity contribution in [2.75, 3.05) is 5.32 Å². The molecule has 1 fully saturated rings. The largest absolute Gasteiger partial charge is 0.393 e. The fourth-order valence-corrected chi connectivity index (χ4v) is 2.18. The molecule has 1 aromatic carbocycles. The van der Waals surface area contributed by atoms with Gasteiger partial charge in [-0.25, -0.2) is 4.39 Å². The molecule has 7 heteroatoms. The van der Waals surface area contributed by atoms with Crippen molar-refractivity contribution in [2.24, 2.45) is 0 Å². The Hall–Kier alpha value is -0.960. The molecule has 1 aliphatic carbocycles. The van der Waals surface area contributed by atoms with Gasteiger partial charge < -0.3 is 10.4 Å². The van der Waals surface area contributed by atoms with E-state index in [4.69, 9.17) is 5.11 Å². The first-order valence-electron chi connectivity index (χ1n) is 5.05. The molecular formula is C10H10FIN2O3. The highest BCUT2D eigenvalue weighted by Crippen LogP contribution is 2.32. The van der Waals surface area contributed by atoms with Gasteiger partial charge in [0.15, 0.2) is 0 Å². The van der Waals surface area contributed by atoms with E-state index in [9.17, 15) is 14.5 Å². The SMILES string of the molecule is O=[N+]([O-])c1cc(I)c(F)cc1NC1CC(O)C1. The van der Waals surface area contributed by atoms with Crippen LogP contribution in [0, 0.1) is 19.5 Å². The summed E-state index contributed by atoms with van der Waals surface area (Å²) in [6, 6.07) is 2.31. The molecule has 2 rings (SSSR count). The molecule has 1 aromatic rings. The summed E-state index contributed by atoms with van der Waals surface area (Å²) in [4.78, 5) is 10.3. The van der Waals surface area contributed by atoms with Crippen LogP contribution in [0.25, 0.3) is 0 Å². The number of nitro benzene ring substituents is 1. The summed E-state index contributed by atoms with van der Waals surface area (Å²) in [5.74, 6) is -0.487. The number of rotatable bonds is 3. The zero-order valence-corrected chi connectivity index (χ0v) is 10.8. The van der Waals surface area contributed by atoms with Crippen molar-refractivity contribution >= 4 is 34.0 Å². The van der Waals surface area contributed by atoms with Gasteiger partial charge in [-0.05, 0) is 35.4 Å². The van der Waals surface area contributed by atoms with Crippen molar-refractivity contribution in [1.29, 1.82) is 0 Å². The van der Waals surface area contributed by atoms with Crippen molar-refractivity contribution in [3.8, 4) is 0 Å². The second-order valence-electron chi connectivity index (χ2n) is 4.01. The lowest BCUT2D eigenvalue weighted by atomic mass is 9.89. The topological polar surface area (TPSA) is 75.4 Å². The van der Waals surface area contributed by atoms with Crippen molar-refractivity contribution in [3.63, 3.8) is 0 Å². The number of hydrogen-bond acceptors (Lipinski definition) is 4. The maximum atomic E-state index is 13.4. The average molecular weight is 352 g/mol. The Kier molecular flexibility index (Phi) is 3.48. The number of anilines is 1. The van der Waals surface area contributed by atoms with Crippen LogP contribution >= 0.6 is 22.6 Å². The van der Waals surface area contributed by atoms with Gasteiger partial charge in [0.25, 0.3) is 5.69 Å². The molecule has 2 N–H and O–H groups in total. The Labute approximate surface area is 110 Å². The Balaban J connectivity index is 2.25. The van der Waals surface area contributed by atoms with Gasteiger partial charge in [-0.2, -0.15) is 0 Å². The van der Waals surface area contributed by atoms with E-state index in [0.29, 0.717) is 12.8 Å². The van der Waals surface area contributed by atoms with Gasteiger partial charge in [0.1, 0.15) is 11.5 Å². The molecule has 0 bridgehead atoms. The third-order valence-corrected chi connectivity index (χ3v) is 3.53. The lowest BCUT2D eigenvalue weighted by molar-refractivity contribution is -0.384. The van der Waals surface area contributed by atoms with E-state index in [1.165, 1.54) is 6.07 Å². The Morgan fingerprint density at radius 3 is 2.71 bits per heavy atom. The molecular weight excluding hydrogens is 342 g/mol. The third kappa shape index (κ3) is 2.65. The van der Waals surface area contributed by atoms with Crippen LogP contribution in [0.15, 0.2) is 12.1 Å². The summed E-state index contributed by atoms with van der Waals surface area (Å²) < 4.78 is 13.6. The van der Waals surface area contributed by atoms with Gasteiger partial charge in [0.2, 0.25) is 0 Å². The predicted octanol–water partition coefficient (Wildman–Crippen LogP) is 2.27. The van der Waals surface area contributed by atoms with Crippen molar-refractivity contribution in [2.45, 2.75) is 25.0 Å². The lowest BCUT2D eigenvalue weighted by Gasteiger charge is -2.32. The number of aliphatic hydroxyl groups excluding tert-OH is 1. The zero-order chi connectivity index (χ0) is 12.6. The molecule has 1 saturated carbocycles. The molecule has 1 aliphatic rings. The van der Waals surface area contributed by atoms with E-state index in [0.717, 1.165) is 6.07 Å². The molecule has 0 spiro atoms. The second kappa shape index (κ2) is 4.73. The predicted molar refractivity (Wildman–Crippen MR) is 68.4 cm³/mol. The summed E-state index contributed by atoms with van der Waals surface area (Å²) >= 11 is 1.71. The zero-order valence-electron chi connectivity index (χ0n) is 8.69. The van der Waals surface area contributed by atoms with E-state index in [1.54, 1.807) is 22.6 Å². The van der Waals surface area contributed by atoms with Crippen LogP contribution in [0.2, 0.25) is 0 Å². The van der Waals surface area contributed by atoms with Crippen LogP contribution in [-0.2, 0) is 0 Å². The highest BCUT2D eigenvalue weighted by molar-refractivity contribution is 14.1. The molecule has 0 saturated heterocycles. The molecule has 0 aromatic heterocycles. The number of benzene rings is 1. The molecule has 0 amide bonds. The molecule has 0 heterocycles. The summed E-state index contributed by atoms with van der Waals surface area (Å²) in [6.07, 6.45) is 0.704. The van der Waals surface area contributed by atoms with Gasteiger partial charge in [0.05, 0.1) is 14.6 Å². The standard InChI is InChI=1S/C10H10FIN2O3/c11-7-3-9(13-5-1-6(15)2-5)10(14(16)17)4-8(7)12/h3-6,13,15H,1-2H2. The van der Waals surface area contributed by atoms with Crippen LogP contribution < -0.4 is 5.32 Å². The highest BCUT2D eigenvalue weighted by atomic mass is 127. The number of aliphatic hydroxyl groups is 1. The van der Waals surface area contributed by atoms with E-state index >= 15 is 0 Å². The summed E-state index contributed by atoms with van der Waals surface area (Å²) in [5.41, 5.74) is 0.0296. The van der Waals surface area contributed by atoms with Crippen LogP contribution in [0.5, 0.6) is 0 Å². The minimum absolute atomic E-state index is 0.0249. The maximum Gasteiger partial charge on any atom is 0.293 e. The third-order valence-electron chi connectivity index (χ3n) is 2.71. The van der Waals surface area contributed by atoms with Crippen LogP contribution in [0.1, 0.15) is 12.8 Å². The molecule has 17 heavy (non-hydrogen) atoms. The summed E-state index contributed by atoms with van der Waals surface area (Å²) in [7, 11) is 0. The van der Waals surface area contributed by atoms with Crippen molar-refractivity contribution in [3.05, 3.63) is 31.6 Å². The quantitative estimate of drug-likeness (QED) is 0.497. The fraction of sp³-hybridized carbons (Fsp3) is 0.400. The van der Waals surface area contributed by atoms with Gasteiger partial charge in [0, 0.05) is 18.2 Å². The van der Waals surface area contributed by atoms with Gasteiger partial charge in [-0.1, -0.05) is 0 Å². The lowest BCUT2D eigenvalue weighted by Crippen LogP contribution is -2.39. The van der Waals surface area contributed by atoms with E-state index in [2.05, 4.69) is 5.32 Å². The Morgan fingerprint density at radius 2 is 2.18 bits per heavy atom. The molecule has 5 nitrogen and oxygen atoms in total. The number of nitrogens with zero attached hydrogens (tertiary/aromatic N) is 1. The highest BCUT2D eigenvalue weighted by Gasteiger charge is 2.29. The first kappa shape index (κ1) is 12.5. The van der Waals surface area contributed by atoms with Gasteiger partial charge in [-0.15, -0.1) is 0 Å². The average Bonchev–Trinajstić information content (AvgIpc) is 2.20. The molecule has 0 aliphatic heterocycles. The Morgan fingerprint density at radius 1 is 1.53 bits per heavy atom. The number of nitro groups is 1. The normalized spacial score (nSPS) is 23.0. The van der Waals surface area contributed by atoms with Crippen molar-refractivity contribution in [1.82, 2.24) is 0 Å². The number of halogens is 2. The minimum atomic E-state index is -0.543. The smallest absolute Gasteiger partial charge is 0.293 e. The van der Waals surface area contributed by atoms with Crippen molar-refractivity contribution < 1.29 is 14.4 Å².